The van der Waals surface area contributed by atoms with E-state index in [1.165, 1.54) is 23.5 Å². The van der Waals surface area contributed by atoms with E-state index in [2.05, 4.69) is 4.98 Å². The summed E-state index contributed by atoms with van der Waals surface area (Å²) in [6.07, 6.45) is 2.54. The zero-order valence-electron chi connectivity index (χ0n) is 22.0. The number of urea groups is 1. The molecule has 0 aliphatic carbocycles. The number of likely N-dealkylation sites (tertiary alicyclic amines) is 2. The van der Waals surface area contributed by atoms with Gasteiger partial charge in [0.25, 0.3) is 5.56 Å². The molecule has 0 radical (unpaired) electrons. The van der Waals surface area contributed by atoms with Gasteiger partial charge in [0.05, 0.1) is 23.9 Å². The van der Waals surface area contributed by atoms with E-state index in [0.717, 1.165) is 10.4 Å². The number of thiophene rings is 1. The molecular formula is C27H32FN5O4S. The summed E-state index contributed by atoms with van der Waals surface area (Å²) in [5.74, 6) is -0.311. The summed E-state index contributed by atoms with van der Waals surface area (Å²) in [6.45, 7) is 7.42. The molecule has 0 unspecified atom stereocenters. The van der Waals surface area contributed by atoms with E-state index >= 15 is 0 Å². The van der Waals surface area contributed by atoms with E-state index in [9.17, 15) is 18.8 Å². The molecule has 0 N–H and O–H groups in total. The average Bonchev–Trinajstić information content (AvgIpc) is 3.62. The number of carbonyl (C=O) groups is 2. The van der Waals surface area contributed by atoms with Crippen molar-refractivity contribution in [2.24, 2.45) is 0 Å². The van der Waals surface area contributed by atoms with Crippen LogP contribution in [0.3, 0.4) is 0 Å². The number of hydrogen-bond acceptors (Lipinski definition) is 6. The van der Waals surface area contributed by atoms with E-state index < -0.39 is 5.60 Å². The Morgan fingerprint density at radius 2 is 1.82 bits per heavy atom. The van der Waals surface area contributed by atoms with Gasteiger partial charge in [0.15, 0.2) is 0 Å². The number of ether oxygens (including phenoxy) is 1. The molecule has 38 heavy (non-hydrogen) atoms. The zero-order chi connectivity index (χ0) is 27.2. The monoisotopic (exact) mass is 541 g/mol. The van der Waals surface area contributed by atoms with E-state index in [4.69, 9.17) is 4.74 Å². The minimum atomic E-state index is -0.566. The summed E-state index contributed by atoms with van der Waals surface area (Å²) in [6, 6.07) is 7.64. The number of likely N-dealkylation sites (N-methyl/N-ethyl adjacent to an activating group) is 1. The fraction of sp³-hybridized carbons (Fsp3) is 0.481. The highest BCUT2D eigenvalue weighted by molar-refractivity contribution is 7.22. The molecule has 5 rings (SSSR count). The molecule has 0 bridgehead atoms. The Labute approximate surface area is 224 Å². The first-order valence-corrected chi connectivity index (χ1v) is 13.6. The second-order valence-electron chi connectivity index (χ2n) is 10.9. The van der Waals surface area contributed by atoms with E-state index in [-0.39, 0.29) is 35.6 Å². The van der Waals surface area contributed by atoms with Crippen molar-refractivity contribution in [2.45, 2.75) is 51.3 Å². The highest BCUT2D eigenvalue weighted by Gasteiger charge is 2.37. The lowest BCUT2D eigenvalue weighted by molar-refractivity contribution is 0.0283. The molecule has 202 valence electrons. The van der Waals surface area contributed by atoms with E-state index in [0.29, 0.717) is 49.2 Å². The average molecular weight is 542 g/mol. The van der Waals surface area contributed by atoms with Gasteiger partial charge in [0.1, 0.15) is 16.1 Å². The van der Waals surface area contributed by atoms with Crippen LogP contribution in [0.25, 0.3) is 20.7 Å². The molecule has 2 fully saturated rings. The molecule has 9 nitrogen and oxygen atoms in total. The minimum Gasteiger partial charge on any atom is -0.444 e. The molecule has 2 atom stereocenters. The van der Waals surface area contributed by atoms with Crippen LogP contribution in [0.1, 0.15) is 39.7 Å². The molecule has 3 amide bonds. The van der Waals surface area contributed by atoms with Gasteiger partial charge in [-0.2, -0.15) is 0 Å². The van der Waals surface area contributed by atoms with Crippen molar-refractivity contribution in [3.63, 3.8) is 0 Å². The van der Waals surface area contributed by atoms with Gasteiger partial charge in [-0.25, -0.2) is 19.0 Å². The van der Waals surface area contributed by atoms with Crippen LogP contribution in [-0.4, -0.2) is 81.2 Å². The Bertz CT molecular complexity index is 1410. The van der Waals surface area contributed by atoms with Crippen molar-refractivity contribution in [1.82, 2.24) is 24.3 Å². The van der Waals surface area contributed by atoms with Crippen molar-refractivity contribution in [3.05, 3.63) is 52.8 Å². The second-order valence-corrected chi connectivity index (χ2v) is 12.0. The molecule has 0 spiro atoms. The zero-order valence-corrected chi connectivity index (χ0v) is 22.8. The molecule has 1 aromatic carbocycles. The van der Waals surface area contributed by atoms with Gasteiger partial charge in [-0.3, -0.25) is 9.36 Å². The second kappa shape index (κ2) is 10.0. The standard InChI is InChI=1S/C27H32FN5O4S/c1-27(2,3)37-26(36)32-12-9-19(14-32)30(4)25(35)31-11-10-20(15-31)33-16-29-21-13-22(38-23(21)24(33)34)17-5-7-18(28)8-6-17/h5-8,13,16,19-20H,9-12,14-15H2,1-4H3/t19-,20+/m1/s1. The lowest BCUT2D eigenvalue weighted by Gasteiger charge is -2.30. The van der Waals surface area contributed by atoms with Crippen LogP contribution in [0.15, 0.2) is 41.5 Å². The smallest absolute Gasteiger partial charge is 0.410 e. The van der Waals surface area contributed by atoms with Crippen LogP contribution in [0.4, 0.5) is 14.0 Å². The van der Waals surface area contributed by atoms with Crippen molar-refractivity contribution in [1.29, 1.82) is 0 Å². The van der Waals surface area contributed by atoms with Gasteiger partial charge in [-0.05, 0) is 57.4 Å². The Balaban J connectivity index is 1.25. The maximum atomic E-state index is 13.3. The van der Waals surface area contributed by atoms with Crippen LogP contribution in [0.5, 0.6) is 0 Å². The summed E-state index contributed by atoms with van der Waals surface area (Å²) in [5, 5.41) is 0. The van der Waals surface area contributed by atoms with Crippen LogP contribution < -0.4 is 5.56 Å². The largest absolute Gasteiger partial charge is 0.444 e. The highest BCUT2D eigenvalue weighted by Crippen LogP contribution is 2.32. The number of hydrogen-bond donors (Lipinski definition) is 0. The summed E-state index contributed by atoms with van der Waals surface area (Å²) in [7, 11) is 1.77. The highest BCUT2D eigenvalue weighted by atomic mass is 32.1. The SMILES string of the molecule is CN(C(=O)N1CC[C@H](n2cnc3cc(-c4ccc(F)cc4)sc3c2=O)C1)[C@@H]1CCN(C(=O)OC(C)(C)C)C1. The lowest BCUT2D eigenvalue weighted by Crippen LogP contribution is -2.47. The Hall–Kier alpha value is -3.47. The van der Waals surface area contributed by atoms with Crippen LogP contribution in [-0.2, 0) is 4.74 Å². The fourth-order valence-electron chi connectivity index (χ4n) is 5.01. The van der Waals surface area contributed by atoms with Crippen molar-refractivity contribution >= 4 is 33.7 Å². The summed E-state index contributed by atoms with van der Waals surface area (Å²) < 4.78 is 20.9. The maximum Gasteiger partial charge on any atom is 0.410 e. The number of rotatable bonds is 3. The van der Waals surface area contributed by atoms with Crippen LogP contribution in [0, 0.1) is 5.82 Å². The molecular weight excluding hydrogens is 509 g/mol. The predicted molar refractivity (Wildman–Crippen MR) is 144 cm³/mol. The normalized spacial score (nSPS) is 19.8. The third-order valence-electron chi connectivity index (χ3n) is 7.08. The molecule has 2 aliphatic rings. The Kier molecular flexibility index (Phi) is 6.89. The van der Waals surface area contributed by atoms with Gasteiger partial charge >= 0.3 is 12.1 Å². The third-order valence-corrected chi connectivity index (χ3v) is 8.24. The van der Waals surface area contributed by atoms with E-state index in [1.54, 1.807) is 44.8 Å². The number of amides is 3. The fourth-order valence-corrected chi connectivity index (χ4v) is 6.07. The number of carbonyl (C=O) groups excluding carboxylic acids is 2. The van der Waals surface area contributed by atoms with Crippen LogP contribution in [0.2, 0.25) is 0 Å². The molecule has 2 saturated heterocycles. The number of nitrogens with zero attached hydrogens (tertiary/aromatic N) is 5. The van der Waals surface area contributed by atoms with E-state index in [1.807, 2.05) is 26.8 Å². The Morgan fingerprint density at radius 3 is 2.53 bits per heavy atom. The number of halogens is 1. The van der Waals surface area contributed by atoms with Crippen LogP contribution >= 0.6 is 11.3 Å². The quantitative estimate of drug-likeness (QED) is 0.485. The molecule has 3 aromatic rings. The van der Waals surface area contributed by atoms with Gasteiger partial charge in [0.2, 0.25) is 0 Å². The maximum absolute atomic E-state index is 13.3. The van der Waals surface area contributed by atoms with Crippen molar-refractivity contribution in [2.75, 3.05) is 33.2 Å². The number of fused-ring (bicyclic) bond motifs is 1. The lowest BCUT2D eigenvalue weighted by atomic mass is 10.2. The van der Waals surface area contributed by atoms with Gasteiger partial charge in [-0.1, -0.05) is 12.1 Å². The summed E-state index contributed by atoms with van der Waals surface area (Å²) in [5.41, 5.74) is 0.739. The summed E-state index contributed by atoms with van der Waals surface area (Å²) in [4.78, 5) is 49.5. The Morgan fingerprint density at radius 1 is 1.11 bits per heavy atom. The number of aromatic nitrogens is 2. The third kappa shape index (κ3) is 5.24. The molecule has 2 aromatic heterocycles. The first kappa shape index (κ1) is 26.1. The molecule has 4 heterocycles. The molecule has 0 saturated carbocycles. The van der Waals surface area contributed by atoms with Crippen molar-refractivity contribution in [3.8, 4) is 10.4 Å². The van der Waals surface area contributed by atoms with Gasteiger partial charge < -0.3 is 19.4 Å². The van der Waals surface area contributed by atoms with Gasteiger partial charge in [0, 0.05) is 38.1 Å². The molecule has 2 aliphatic heterocycles. The minimum absolute atomic E-state index is 0.0918. The molecule has 11 heteroatoms. The topological polar surface area (TPSA) is 88.0 Å². The predicted octanol–water partition coefficient (Wildman–Crippen LogP) is 4.57. The number of benzene rings is 1. The summed E-state index contributed by atoms with van der Waals surface area (Å²) >= 11 is 1.34. The first-order chi connectivity index (χ1) is 18.0. The first-order valence-electron chi connectivity index (χ1n) is 12.8. The van der Waals surface area contributed by atoms with Gasteiger partial charge in [-0.15, -0.1) is 11.3 Å². The van der Waals surface area contributed by atoms with Crippen molar-refractivity contribution < 1.29 is 18.7 Å².